The van der Waals surface area contributed by atoms with Gasteiger partial charge in [0, 0.05) is 6.04 Å². The third kappa shape index (κ3) is 2.70. The first kappa shape index (κ1) is 12.4. The normalized spacial score (nSPS) is 15.3. The Morgan fingerprint density at radius 3 is 2.42 bits per heavy atom. The lowest BCUT2D eigenvalue weighted by atomic mass is 9.98. The van der Waals surface area contributed by atoms with Crippen LogP contribution in [0.25, 0.3) is 11.1 Å². The fourth-order valence-electron chi connectivity index (χ4n) is 2.56. The van der Waals surface area contributed by atoms with Crippen LogP contribution in [0, 0.1) is 0 Å². The fraction of sp³-hybridized carbons (Fsp3) is 0.294. The van der Waals surface area contributed by atoms with Crippen LogP contribution in [0.3, 0.4) is 0 Å². The molecule has 0 bridgehead atoms. The SMILES string of the molecule is CC(N)Cc1ccc(-c2ccc3c(c2)COC3)cc1. The molecule has 2 heteroatoms. The molecule has 98 valence electrons. The standard InChI is InChI=1S/C17H19NO/c1-12(18)8-13-2-4-14(5-3-13)15-6-7-16-10-19-11-17(16)9-15/h2-7,9,12H,8,10-11,18H2,1H3. The van der Waals surface area contributed by atoms with E-state index in [2.05, 4.69) is 42.5 Å². The lowest BCUT2D eigenvalue weighted by Gasteiger charge is -2.08. The number of rotatable bonds is 3. The van der Waals surface area contributed by atoms with Crippen molar-refractivity contribution in [3.63, 3.8) is 0 Å². The lowest BCUT2D eigenvalue weighted by molar-refractivity contribution is 0.134. The molecule has 1 aliphatic heterocycles. The summed E-state index contributed by atoms with van der Waals surface area (Å²) in [6.45, 7) is 3.53. The van der Waals surface area contributed by atoms with Crippen LogP contribution in [-0.4, -0.2) is 6.04 Å². The molecule has 1 atom stereocenters. The molecule has 0 radical (unpaired) electrons. The monoisotopic (exact) mass is 253 g/mol. The van der Waals surface area contributed by atoms with Crippen molar-refractivity contribution in [1.29, 1.82) is 0 Å². The molecule has 2 aromatic carbocycles. The second kappa shape index (κ2) is 5.16. The quantitative estimate of drug-likeness (QED) is 0.911. The molecule has 1 unspecified atom stereocenters. The average molecular weight is 253 g/mol. The van der Waals surface area contributed by atoms with E-state index < -0.39 is 0 Å². The van der Waals surface area contributed by atoms with Gasteiger partial charge in [-0.25, -0.2) is 0 Å². The van der Waals surface area contributed by atoms with E-state index in [0.717, 1.165) is 19.6 Å². The molecular weight excluding hydrogens is 234 g/mol. The average Bonchev–Trinajstić information content (AvgIpc) is 2.86. The van der Waals surface area contributed by atoms with Gasteiger partial charge in [-0.1, -0.05) is 36.4 Å². The fourth-order valence-corrected chi connectivity index (χ4v) is 2.56. The first-order valence-corrected chi connectivity index (χ1v) is 6.77. The van der Waals surface area contributed by atoms with E-state index in [0.29, 0.717) is 0 Å². The third-order valence-electron chi connectivity index (χ3n) is 3.57. The Hall–Kier alpha value is -1.64. The van der Waals surface area contributed by atoms with E-state index in [9.17, 15) is 0 Å². The summed E-state index contributed by atoms with van der Waals surface area (Å²) in [5.41, 5.74) is 12.3. The maximum Gasteiger partial charge on any atom is 0.0725 e. The predicted octanol–water partition coefficient (Wildman–Crippen LogP) is 3.27. The topological polar surface area (TPSA) is 35.2 Å². The largest absolute Gasteiger partial charge is 0.372 e. The highest BCUT2D eigenvalue weighted by Crippen LogP contribution is 2.27. The second-order valence-electron chi connectivity index (χ2n) is 5.35. The van der Waals surface area contributed by atoms with Crippen LogP contribution < -0.4 is 5.73 Å². The minimum absolute atomic E-state index is 0.211. The van der Waals surface area contributed by atoms with E-state index in [1.165, 1.54) is 27.8 Å². The van der Waals surface area contributed by atoms with E-state index in [1.54, 1.807) is 0 Å². The zero-order chi connectivity index (χ0) is 13.2. The molecule has 1 aliphatic rings. The summed E-state index contributed by atoms with van der Waals surface area (Å²) in [5, 5.41) is 0. The van der Waals surface area contributed by atoms with Crippen molar-refractivity contribution in [3.05, 3.63) is 59.2 Å². The number of nitrogens with two attached hydrogens (primary N) is 1. The Bertz CT molecular complexity index is 572. The van der Waals surface area contributed by atoms with Crippen molar-refractivity contribution in [1.82, 2.24) is 0 Å². The smallest absolute Gasteiger partial charge is 0.0725 e. The maximum absolute atomic E-state index is 5.82. The van der Waals surface area contributed by atoms with Crippen LogP contribution in [0.2, 0.25) is 0 Å². The molecular formula is C17H19NO. The van der Waals surface area contributed by atoms with Gasteiger partial charge in [0.2, 0.25) is 0 Å². The molecule has 0 saturated heterocycles. The first-order valence-electron chi connectivity index (χ1n) is 6.77. The van der Waals surface area contributed by atoms with Gasteiger partial charge in [-0.15, -0.1) is 0 Å². The third-order valence-corrected chi connectivity index (χ3v) is 3.57. The molecule has 0 fully saturated rings. The van der Waals surface area contributed by atoms with Gasteiger partial charge < -0.3 is 10.5 Å². The highest BCUT2D eigenvalue weighted by atomic mass is 16.5. The first-order chi connectivity index (χ1) is 9.22. The van der Waals surface area contributed by atoms with Crippen molar-refractivity contribution in [3.8, 4) is 11.1 Å². The Kier molecular flexibility index (Phi) is 3.36. The van der Waals surface area contributed by atoms with Gasteiger partial charge >= 0.3 is 0 Å². The lowest BCUT2D eigenvalue weighted by Crippen LogP contribution is -2.17. The summed E-state index contributed by atoms with van der Waals surface area (Å²) in [5.74, 6) is 0. The summed E-state index contributed by atoms with van der Waals surface area (Å²) >= 11 is 0. The van der Waals surface area contributed by atoms with Crippen LogP contribution in [-0.2, 0) is 24.4 Å². The molecule has 1 heterocycles. The zero-order valence-corrected chi connectivity index (χ0v) is 11.2. The highest BCUT2D eigenvalue weighted by Gasteiger charge is 2.11. The van der Waals surface area contributed by atoms with E-state index in [4.69, 9.17) is 10.5 Å². The number of hydrogen-bond acceptors (Lipinski definition) is 2. The van der Waals surface area contributed by atoms with E-state index >= 15 is 0 Å². The van der Waals surface area contributed by atoms with Crippen LogP contribution in [0.1, 0.15) is 23.6 Å². The Morgan fingerprint density at radius 2 is 1.68 bits per heavy atom. The summed E-state index contributed by atoms with van der Waals surface area (Å²) in [6, 6.07) is 15.5. The number of fused-ring (bicyclic) bond motifs is 1. The zero-order valence-electron chi connectivity index (χ0n) is 11.2. The van der Waals surface area contributed by atoms with Gasteiger partial charge in [0.25, 0.3) is 0 Å². The summed E-state index contributed by atoms with van der Waals surface area (Å²) < 4.78 is 5.45. The van der Waals surface area contributed by atoms with Gasteiger partial charge in [0.15, 0.2) is 0 Å². The molecule has 0 aliphatic carbocycles. The van der Waals surface area contributed by atoms with Crippen LogP contribution >= 0.6 is 0 Å². The Labute approximate surface area is 114 Å². The Morgan fingerprint density at radius 1 is 1.00 bits per heavy atom. The molecule has 0 saturated carbocycles. The minimum Gasteiger partial charge on any atom is -0.372 e. The summed E-state index contributed by atoms with van der Waals surface area (Å²) in [7, 11) is 0. The molecule has 0 aromatic heterocycles. The van der Waals surface area contributed by atoms with Crippen LogP contribution in [0.5, 0.6) is 0 Å². The van der Waals surface area contributed by atoms with Gasteiger partial charge in [-0.3, -0.25) is 0 Å². The molecule has 2 nitrogen and oxygen atoms in total. The molecule has 3 rings (SSSR count). The van der Waals surface area contributed by atoms with E-state index in [1.807, 2.05) is 6.92 Å². The van der Waals surface area contributed by atoms with Crippen molar-refractivity contribution in [2.45, 2.75) is 32.6 Å². The van der Waals surface area contributed by atoms with Gasteiger partial charge in [-0.2, -0.15) is 0 Å². The number of benzene rings is 2. The molecule has 2 aromatic rings. The highest BCUT2D eigenvalue weighted by molar-refractivity contribution is 5.65. The van der Waals surface area contributed by atoms with Crippen molar-refractivity contribution >= 4 is 0 Å². The minimum atomic E-state index is 0.211. The summed E-state index contributed by atoms with van der Waals surface area (Å²) in [6.07, 6.45) is 0.929. The van der Waals surface area contributed by atoms with Crippen molar-refractivity contribution < 1.29 is 4.74 Å². The molecule has 0 amide bonds. The summed E-state index contributed by atoms with van der Waals surface area (Å²) in [4.78, 5) is 0. The molecule has 0 spiro atoms. The van der Waals surface area contributed by atoms with Gasteiger partial charge in [0.1, 0.15) is 0 Å². The number of ether oxygens (including phenoxy) is 1. The Balaban J connectivity index is 1.86. The van der Waals surface area contributed by atoms with Crippen molar-refractivity contribution in [2.75, 3.05) is 0 Å². The van der Waals surface area contributed by atoms with E-state index in [-0.39, 0.29) is 6.04 Å². The molecule has 19 heavy (non-hydrogen) atoms. The molecule has 2 N–H and O–H groups in total. The second-order valence-corrected chi connectivity index (χ2v) is 5.35. The van der Waals surface area contributed by atoms with Gasteiger partial charge in [0.05, 0.1) is 13.2 Å². The predicted molar refractivity (Wildman–Crippen MR) is 77.7 cm³/mol. The van der Waals surface area contributed by atoms with Crippen LogP contribution in [0.15, 0.2) is 42.5 Å². The van der Waals surface area contributed by atoms with Gasteiger partial charge in [-0.05, 0) is 47.2 Å². The number of hydrogen-bond donors (Lipinski definition) is 1. The maximum atomic E-state index is 5.82. The van der Waals surface area contributed by atoms with Crippen LogP contribution in [0.4, 0.5) is 0 Å². The van der Waals surface area contributed by atoms with Crippen molar-refractivity contribution in [2.24, 2.45) is 5.73 Å².